The van der Waals surface area contributed by atoms with Crippen molar-refractivity contribution in [2.24, 2.45) is 29.0 Å². The Hall–Kier alpha value is -12.0. The zero-order valence-electron chi connectivity index (χ0n) is 66.4. The molecule has 24 N–H and O–H groups in total. The number of nitrogens with one attached hydrogen (secondary N) is 13. The van der Waals surface area contributed by atoms with Crippen molar-refractivity contribution >= 4 is 129 Å². The molecule has 0 radical (unpaired) electrons. The molecule has 2 heterocycles. The molecule has 1 aliphatic heterocycles. The summed E-state index contributed by atoms with van der Waals surface area (Å²) < 4.78 is 10.7. The maximum Gasteiger partial charge on any atom is 0.335 e. The molecular formula is C73H111N17O27. The molecule has 1 aromatic heterocycles. The number of aliphatic hydroxyl groups excluding tert-OH is 1. The number of nitrogens with zero attached hydrogens (tertiary/aromatic N) is 1. The van der Waals surface area contributed by atoms with Crippen molar-refractivity contribution in [3.8, 4) is 0 Å². The van der Waals surface area contributed by atoms with E-state index in [-0.39, 0.29) is 45.1 Å². The van der Waals surface area contributed by atoms with Crippen molar-refractivity contribution < 1.29 is 131 Å². The number of H-pyrrole nitrogens is 1. The molecule has 44 heteroatoms. The van der Waals surface area contributed by atoms with E-state index in [0.717, 1.165) is 53.7 Å². The minimum Gasteiger partial charge on any atom is -0.481 e. The number of para-hydroxylation sites is 1. The minimum atomic E-state index is -2.80. The molecule has 0 saturated carbocycles. The van der Waals surface area contributed by atoms with E-state index in [0.29, 0.717) is 40.1 Å². The van der Waals surface area contributed by atoms with Crippen molar-refractivity contribution in [1.29, 1.82) is 0 Å². The Labute approximate surface area is 672 Å². The summed E-state index contributed by atoms with van der Waals surface area (Å²) in [5, 5.41) is 78.1. The summed E-state index contributed by atoms with van der Waals surface area (Å²) in [7, 11) is 1.70. The van der Waals surface area contributed by atoms with Gasteiger partial charge in [-0.05, 0) is 82.4 Å². The molecule has 5 unspecified atom stereocenters. The third-order valence-electron chi connectivity index (χ3n) is 19.1. The highest BCUT2D eigenvalue weighted by atomic mass is 16.5. The van der Waals surface area contributed by atoms with Crippen molar-refractivity contribution in [2.45, 2.75) is 242 Å². The number of carboxylic acids is 4. The van der Waals surface area contributed by atoms with Crippen LogP contribution in [0.3, 0.4) is 0 Å². The second-order valence-corrected chi connectivity index (χ2v) is 28.4. The predicted octanol–water partition coefficient (Wildman–Crippen LogP) is -5.83. The van der Waals surface area contributed by atoms with Crippen LogP contribution in [0.25, 0.3) is 10.9 Å². The summed E-state index contributed by atoms with van der Waals surface area (Å²) in [6.45, 7) is 6.67. The van der Waals surface area contributed by atoms with Crippen LogP contribution in [0.1, 0.15) is 156 Å². The van der Waals surface area contributed by atoms with Crippen LogP contribution in [-0.2, 0) is 112 Å². The normalized spacial score (nSPS) is 22.0. The lowest BCUT2D eigenvalue weighted by molar-refractivity contribution is -0.159. The number of rotatable bonds is 38. The number of hydrogen-bond donors (Lipinski definition) is 21. The molecule has 0 spiro atoms. The van der Waals surface area contributed by atoms with Gasteiger partial charge in [0, 0.05) is 56.9 Å². The average molecular weight is 1660 g/mol. The molecule has 0 bridgehead atoms. The lowest BCUT2D eigenvalue weighted by atomic mass is 9.98. The van der Waals surface area contributed by atoms with Gasteiger partial charge in [0.2, 0.25) is 88.6 Å². The second-order valence-electron chi connectivity index (χ2n) is 28.4. The molecule has 3 rings (SSSR count). The smallest absolute Gasteiger partial charge is 0.335 e. The van der Waals surface area contributed by atoms with Crippen LogP contribution in [0.5, 0.6) is 0 Å². The van der Waals surface area contributed by atoms with E-state index >= 15 is 0 Å². The summed E-state index contributed by atoms with van der Waals surface area (Å²) >= 11 is 0. The first-order valence-electron chi connectivity index (χ1n) is 38.0. The Morgan fingerprint density at radius 2 is 1.21 bits per heavy atom. The standard InChI is InChI=1S/C73H111N17O27/c1-9-35(3)19-13-11-12-14-23-49(92)80-45(29-39-32-77-41-21-16-15-20-40(39)41)66(107)83-44(25-27-53(97)98)65(106)88-57(59(101)61(76)102)70(111)87-56-38(6)117-73(115)55(36(4)10-2)86-64(105)43(24-26-52(95)96)84-67(108)46(30-48(75)91)81-50(93)33-78-69(110)58(60(116-8)72(113)114)89-63(104)42(22-17-18-28-74)82-68(109)47(31-54(99)100)85-62(103)37(5)79-51(94)34-90(7)71(56)112/h15-16,20-21,32,35-38,42-47,55-60,77,101H,9-14,17-19,22-31,33-34,74H2,1-8H3,(H2,75,91)(H2,76,102)(H,78,110)(H,79,94)(H,80,92)(H,81,93)(H,82,109)(H,83,107)(H,84,108)(H,85,103)(H,86,105)(H,87,111)(H,88,106)(H,89,104)(H,95,96)(H,97,98)(H,99,100)(H,113,114)/t35?,36-,37-,38?,42+,43?,44+,45-,46+,47?,55-,56?,57-,58-,59+,60+/m0/s1. The van der Waals surface area contributed by atoms with Crippen molar-refractivity contribution in [2.75, 3.05) is 33.8 Å². The van der Waals surface area contributed by atoms with Gasteiger partial charge in [-0.1, -0.05) is 84.4 Å². The van der Waals surface area contributed by atoms with Gasteiger partial charge in [0.1, 0.15) is 72.6 Å². The molecule has 16 atom stereocenters. The lowest BCUT2D eigenvalue weighted by Crippen LogP contribution is -2.64. The number of likely N-dealkylation sites (N-methyl/N-ethyl adjacent to an activating group) is 1. The van der Waals surface area contributed by atoms with Crippen LogP contribution in [-0.4, -0.2) is 272 Å². The third kappa shape index (κ3) is 33.8. The maximum absolute atomic E-state index is 15.0. The molecule has 15 amide bonds. The number of benzene rings is 1. The molecule has 117 heavy (non-hydrogen) atoms. The number of unbranched alkanes of at least 4 members (excludes halogenated alkanes) is 4. The first kappa shape index (κ1) is 99.2. The molecule has 0 aliphatic carbocycles. The zero-order valence-corrected chi connectivity index (χ0v) is 66.4. The highest BCUT2D eigenvalue weighted by Crippen LogP contribution is 2.22. The maximum atomic E-state index is 15.0. The number of aromatic amines is 1. The summed E-state index contributed by atoms with van der Waals surface area (Å²) in [6, 6.07) is -15.7. The summed E-state index contributed by atoms with van der Waals surface area (Å²) in [6.07, 6.45) is -6.91. The number of hydrogen-bond acceptors (Lipinski definition) is 24. The molecule has 1 aromatic carbocycles. The van der Waals surface area contributed by atoms with Gasteiger partial charge in [0.15, 0.2) is 12.2 Å². The highest BCUT2D eigenvalue weighted by molar-refractivity contribution is 6.02. The van der Waals surface area contributed by atoms with Gasteiger partial charge in [-0.25, -0.2) is 9.59 Å². The fourth-order valence-corrected chi connectivity index (χ4v) is 12.0. The van der Waals surface area contributed by atoms with Gasteiger partial charge < -0.3 is 126 Å². The Balaban J connectivity index is 2.28. The molecular weight excluding hydrogens is 1550 g/mol. The van der Waals surface area contributed by atoms with E-state index in [9.17, 15) is 121 Å². The number of carboxylic acid groups (broad SMARTS) is 4. The molecule has 2 aromatic rings. The van der Waals surface area contributed by atoms with E-state index < -0.39 is 261 Å². The number of primary amides is 2. The Bertz CT molecular complexity index is 3880. The number of methoxy groups -OCH3 is 1. The number of esters is 1. The van der Waals surface area contributed by atoms with E-state index in [1.807, 2.05) is 10.6 Å². The zero-order chi connectivity index (χ0) is 88.1. The first-order chi connectivity index (χ1) is 55.1. The summed E-state index contributed by atoms with van der Waals surface area (Å²) in [4.78, 5) is 277. The van der Waals surface area contributed by atoms with Crippen LogP contribution < -0.4 is 81.0 Å². The van der Waals surface area contributed by atoms with Crippen molar-refractivity contribution in [3.63, 3.8) is 0 Å². The number of carbonyl (C=O) groups excluding carboxylic acids is 16. The number of nitrogens with two attached hydrogens (primary N) is 3. The topological polar surface area (TPSA) is 702 Å². The van der Waals surface area contributed by atoms with Crippen LogP contribution in [0.15, 0.2) is 30.5 Å². The van der Waals surface area contributed by atoms with Crippen molar-refractivity contribution in [1.82, 2.24) is 73.7 Å². The quantitative estimate of drug-likeness (QED) is 0.0220. The molecule has 44 nitrogen and oxygen atoms in total. The van der Waals surface area contributed by atoms with E-state index in [1.54, 1.807) is 30.5 Å². The van der Waals surface area contributed by atoms with Gasteiger partial charge in [0.25, 0.3) is 0 Å². The number of amides is 15. The van der Waals surface area contributed by atoms with Gasteiger partial charge in [-0.2, -0.15) is 0 Å². The van der Waals surface area contributed by atoms with E-state index in [4.69, 9.17) is 26.7 Å². The molecule has 650 valence electrons. The monoisotopic (exact) mass is 1660 g/mol. The fraction of sp³-hybridized carbons (Fsp3) is 0.616. The Kier molecular flexibility index (Phi) is 42.2. The van der Waals surface area contributed by atoms with Gasteiger partial charge in [-0.15, -0.1) is 0 Å². The number of aromatic nitrogens is 1. The molecule has 1 fully saturated rings. The minimum absolute atomic E-state index is 0.00540. The number of cyclic esters (lactones) is 1. The number of ether oxygens (including phenoxy) is 2. The Morgan fingerprint density at radius 1 is 0.615 bits per heavy atom. The Morgan fingerprint density at radius 3 is 1.79 bits per heavy atom. The molecule has 1 saturated heterocycles. The largest absolute Gasteiger partial charge is 0.481 e. The number of fused-ring (bicyclic) bond motifs is 1. The van der Waals surface area contributed by atoms with E-state index in [1.165, 1.54) is 13.8 Å². The fourth-order valence-electron chi connectivity index (χ4n) is 12.0. The highest BCUT2D eigenvalue weighted by Gasteiger charge is 2.44. The SMILES string of the molecule is CCC(C)CCCCCCC(=O)N[C@@H](Cc1c[nH]c2ccccc12)C(=O)N[C@H](CCC(=O)O)C(=O)N[C@H](C(=O)NC1C(=O)N(C)CC(=O)N[C@@H](C)C(=O)NC(CC(=O)O)C(=O)N[C@H](CCCCN)C(=O)N[C@@H]([C@@H](OC)C(=O)O)C(=O)NCC(=O)N[C@H](CC(N)=O)C(=O)NC(CCC(=O)O)C(=O)N[C@@H]([C@@H](C)CC)C(=O)OC1C)[C@@H](O)C(N)=O. The predicted molar refractivity (Wildman–Crippen MR) is 408 cm³/mol. The van der Waals surface area contributed by atoms with Gasteiger partial charge in [-0.3, -0.25) is 86.3 Å². The van der Waals surface area contributed by atoms with Crippen LogP contribution in [0.4, 0.5) is 0 Å². The lowest BCUT2D eigenvalue weighted by Gasteiger charge is -2.32. The average Bonchev–Trinajstić information content (AvgIpc) is 1.75. The first-order valence-corrected chi connectivity index (χ1v) is 38.0. The second kappa shape index (κ2) is 49.7. The summed E-state index contributed by atoms with van der Waals surface area (Å²) in [5.74, 6) is -29.0. The van der Waals surface area contributed by atoms with Crippen LogP contribution >= 0.6 is 0 Å². The number of carbonyl (C=O) groups is 20. The van der Waals surface area contributed by atoms with Crippen LogP contribution in [0.2, 0.25) is 0 Å². The van der Waals surface area contributed by atoms with Crippen LogP contribution in [0, 0.1) is 11.8 Å². The summed E-state index contributed by atoms with van der Waals surface area (Å²) in [5.41, 5.74) is 17.8. The molecule has 1 aliphatic rings. The van der Waals surface area contributed by atoms with Gasteiger partial charge >= 0.3 is 29.8 Å². The van der Waals surface area contributed by atoms with Gasteiger partial charge in [0.05, 0.1) is 25.9 Å². The number of aliphatic carboxylic acids is 4. The third-order valence-corrected chi connectivity index (χ3v) is 19.1. The van der Waals surface area contributed by atoms with E-state index in [2.05, 4.69) is 72.0 Å². The number of aliphatic hydroxyl groups is 1. The van der Waals surface area contributed by atoms with Crippen molar-refractivity contribution in [3.05, 3.63) is 36.0 Å².